The van der Waals surface area contributed by atoms with Gasteiger partial charge in [0.1, 0.15) is 12.1 Å². The van der Waals surface area contributed by atoms with Gasteiger partial charge in [-0.3, -0.25) is 24.0 Å². The van der Waals surface area contributed by atoms with Crippen LogP contribution in [-0.4, -0.2) is 75.6 Å². The Morgan fingerprint density at radius 3 is 2.03 bits per heavy atom. The van der Waals surface area contributed by atoms with Gasteiger partial charge in [-0.15, -0.1) is 0 Å². The summed E-state index contributed by atoms with van der Waals surface area (Å²) in [6.07, 6.45) is -1.47. The molecular formula is C20H26N4O9. The van der Waals surface area contributed by atoms with E-state index in [4.69, 9.17) is 21.1 Å². The van der Waals surface area contributed by atoms with Crippen LogP contribution in [0.4, 0.5) is 0 Å². The average molecular weight is 466 g/mol. The Morgan fingerprint density at radius 2 is 1.48 bits per heavy atom. The minimum atomic E-state index is -1.46. The zero-order valence-corrected chi connectivity index (χ0v) is 17.5. The second-order valence-electron chi connectivity index (χ2n) is 7.06. The number of carboxylic acids is 3. The number of carboxylic acid groups (broad SMARTS) is 3. The molecule has 13 nitrogen and oxygen atoms in total. The van der Waals surface area contributed by atoms with Gasteiger partial charge in [-0.05, 0) is 12.0 Å². The van der Waals surface area contributed by atoms with Crippen molar-refractivity contribution in [3.05, 3.63) is 35.9 Å². The zero-order chi connectivity index (χ0) is 25.0. The lowest BCUT2D eigenvalue weighted by atomic mass is 10.0. The van der Waals surface area contributed by atoms with Crippen molar-refractivity contribution in [2.75, 3.05) is 6.54 Å². The van der Waals surface area contributed by atoms with Gasteiger partial charge < -0.3 is 37.0 Å². The van der Waals surface area contributed by atoms with E-state index in [2.05, 4.69) is 16.0 Å². The highest BCUT2D eigenvalue weighted by molar-refractivity contribution is 5.93. The third kappa shape index (κ3) is 10.7. The molecule has 0 aliphatic rings. The van der Waals surface area contributed by atoms with Crippen LogP contribution in [0.2, 0.25) is 0 Å². The van der Waals surface area contributed by atoms with Gasteiger partial charge in [-0.2, -0.15) is 0 Å². The van der Waals surface area contributed by atoms with Crippen molar-refractivity contribution in [1.82, 2.24) is 16.0 Å². The van der Waals surface area contributed by atoms with E-state index in [1.807, 2.05) is 0 Å². The predicted octanol–water partition coefficient (Wildman–Crippen LogP) is -1.93. The first-order valence-corrected chi connectivity index (χ1v) is 9.83. The van der Waals surface area contributed by atoms with Crippen LogP contribution in [0.3, 0.4) is 0 Å². The molecule has 0 radical (unpaired) electrons. The Balaban J connectivity index is 2.78. The summed E-state index contributed by atoms with van der Waals surface area (Å²) < 4.78 is 0. The van der Waals surface area contributed by atoms with Crippen molar-refractivity contribution < 1.29 is 44.1 Å². The molecule has 0 spiro atoms. The second kappa shape index (κ2) is 13.4. The molecule has 180 valence electrons. The Labute approximate surface area is 188 Å². The molecule has 1 rings (SSSR count). The number of aliphatic carboxylic acids is 3. The molecule has 0 fully saturated rings. The largest absolute Gasteiger partial charge is 0.481 e. The van der Waals surface area contributed by atoms with Crippen LogP contribution in [-0.2, 0) is 35.2 Å². The number of nitrogens with one attached hydrogen (secondary N) is 3. The fraction of sp³-hybridized carbons (Fsp3) is 0.400. The van der Waals surface area contributed by atoms with E-state index in [9.17, 15) is 28.8 Å². The molecule has 1 aromatic rings. The summed E-state index contributed by atoms with van der Waals surface area (Å²) >= 11 is 0. The van der Waals surface area contributed by atoms with E-state index in [-0.39, 0.29) is 12.8 Å². The molecule has 0 saturated heterocycles. The van der Waals surface area contributed by atoms with Crippen molar-refractivity contribution in [3.63, 3.8) is 0 Å². The van der Waals surface area contributed by atoms with E-state index in [1.54, 1.807) is 30.3 Å². The standard InChI is InChI=1S/C20H26N4O9/c21-12(9-17(28)29)18(30)24-14(8-11-4-2-1-3-5-11)19(31)22-10-15(25)23-13(20(32)33)6-7-16(26)27/h1-5,12-14H,6-10,21H2,(H,22,31)(H,23,25)(H,24,30)(H,26,27)(H,28,29)(H,32,33). The molecule has 33 heavy (non-hydrogen) atoms. The maximum Gasteiger partial charge on any atom is 0.326 e. The van der Waals surface area contributed by atoms with Gasteiger partial charge in [-0.1, -0.05) is 30.3 Å². The molecular weight excluding hydrogens is 440 g/mol. The molecule has 3 amide bonds. The van der Waals surface area contributed by atoms with Crippen molar-refractivity contribution in [2.24, 2.45) is 5.73 Å². The van der Waals surface area contributed by atoms with Gasteiger partial charge in [0.05, 0.1) is 19.0 Å². The van der Waals surface area contributed by atoms with Gasteiger partial charge in [0.15, 0.2) is 0 Å². The van der Waals surface area contributed by atoms with Crippen LogP contribution in [0.25, 0.3) is 0 Å². The summed E-state index contributed by atoms with van der Waals surface area (Å²) in [7, 11) is 0. The van der Waals surface area contributed by atoms with E-state index in [0.717, 1.165) is 0 Å². The average Bonchev–Trinajstić information content (AvgIpc) is 2.74. The minimum absolute atomic E-state index is 0.0101. The van der Waals surface area contributed by atoms with Gasteiger partial charge in [0.25, 0.3) is 0 Å². The van der Waals surface area contributed by atoms with Crippen molar-refractivity contribution in [1.29, 1.82) is 0 Å². The maximum atomic E-state index is 12.6. The summed E-state index contributed by atoms with van der Waals surface area (Å²) in [6.45, 7) is -0.641. The summed E-state index contributed by atoms with van der Waals surface area (Å²) in [5.41, 5.74) is 6.19. The lowest BCUT2D eigenvalue weighted by Crippen LogP contribution is -2.54. The highest BCUT2D eigenvalue weighted by Crippen LogP contribution is 2.05. The van der Waals surface area contributed by atoms with E-state index in [1.165, 1.54) is 0 Å². The van der Waals surface area contributed by atoms with Gasteiger partial charge >= 0.3 is 17.9 Å². The van der Waals surface area contributed by atoms with Crippen molar-refractivity contribution in [3.8, 4) is 0 Å². The molecule has 8 N–H and O–H groups in total. The Hall–Kier alpha value is -4.00. The number of amides is 3. The van der Waals surface area contributed by atoms with E-state index in [0.29, 0.717) is 5.56 Å². The van der Waals surface area contributed by atoms with Crippen LogP contribution < -0.4 is 21.7 Å². The lowest BCUT2D eigenvalue weighted by molar-refractivity contribution is -0.143. The summed E-state index contributed by atoms with van der Waals surface area (Å²) in [5, 5.41) is 33.2. The van der Waals surface area contributed by atoms with E-state index >= 15 is 0 Å². The van der Waals surface area contributed by atoms with Crippen LogP contribution in [0, 0.1) is 0 Å². The second-order valence-corrected chi connectivity index (χ2v) is 7.06. The first-order valence-electron chi connectivity index (χ1n) is 9.83. The van der Waals surface area contributed by atoms with E-state index < -0.39 is 73.1 Å². The molecule has 0 aromatic heterocycles. The third-order valence-corrected chi connectivity index (χ3v) is 4.35. The highest BCUT2D eigenvalue weighted by atomic mass is 16.4. The first kappa shape index (κ1) is 27.0. The Kier molecular flexibility index (Phi) is 11.0. The molecule has 3 atom stereocenters. The number of nitrogens with two attached hydrogens (primary N) is 1. The minimum Gasteiger partial charge on any atom is -0.481 e. The number of carbonyl (C=O) groups is 6. The molecule has 3 unspecified atom stereocenters. The summed E-state index contributed by atoms with van der Waals surface area (Å²) in [5.74, 6) is -6.51. The third-order valence-electron chi connectivity index (χ3n) is 4.35. The van der Waals surface area contributed by atoms with Crippen LogP contribution >= 0.6 is 0 Å². The summed E-state index contributed by atoms with van der Waals surface area (Å²) in [4.78, 5) is 69.4. The van der Waals surface area contributed by atoms with Crippen molar-refractivity contribution in [2.45, 2.75) is 43.8 Å². The lowest BCUT2D eigenvalue weighted by Gasteiger charge is -2.21. The molecule has 0 heterocycles. The normalized spacial score (nSPS) is 13.1. The van der Waals surface area contributed by atoms with Gasteiger partial charge in [0, 0.05) is 12.8 Å². The summed E-state index contributed by atoms with van der Waals surface area (Å²) in [6, 6.07) is 4.48. The van der Waals surface area contributed by atoms with Crippen LogP contribution in [0.5, 0.6) is 0 Å². The molecule has 0 aliphatic carbocycles. The van der Waals surface area contributed by atoms with Crippen molar-refractivity contribution >= 4 is 35.6 Å². The zero-order valence-electron chi connectivity index (χ0n) is 17.5. The van der Waals surface area contributed by atoms with Crippen LogP contribution in [0.15, 0.2) is 30.3 Å². The first-order chi connectivity index (χ1) is 15.5. The topological polar surface area (TPSA) is 225 Å². The number of hydrogen-bond acceptors (Lipinski definition) is 7. The van der Waals surface area contributed by atoms with Crippen LogP contribution in [0.1, 0.15) is 24.8 Å². The molecule has 0 aliphatic heterocycles. The van der Waals surface area contributed by atoms with Gasteiger partial charge in [-0.25, -0.2) is 4.79 Å². The molecule has 0 saturated carbocycles. The monoisotopic (exact) mass is 466 g/mol. The predicted molar refractivity (Wildman–Crippen MR) is 112 cm³/mol. The fourth-order valence-corrected chi connectivity index (χ4v) is 2.68. The molecule has 0 bridgehead atoms. The number of rotatable bonds is 14. The molecule has 13 heteroatoms. The fourth-order valence-electron chi connectivity index (χ4n) is 2.68. The smallest absolute Gasteiger partial charge is 0.326 e. The number of carbonyl (C=O) groups excluding carboxylic acids is 3. The number of hydrogen-bond donors (Lipinski definition) is 7. The quantitative estimate of drug-likeness (QED) is 0.161. The SMILES string of the molecule is NC(CC(=O)O)C(=O)NC(Cc1ccccc1)C(=O)NCC(=O)NC(CCC(=O)O)C(=O)O. The molecule has 1 aromatic carbocycles. The number of benzene rings is 1. The van der Waals surface area contributed by atoms with Gasteiger partial charge in [0.2, 0.25) is 17.7 Å². The Morgan fingerprint density at radius 1 is 0.848 bits per heavy atom. The maximum absolute atomic E-state index is 12.6. The highest BCUT2D eigenvalue weighted by Gasteiger charge is 2.26. The Bertz CT molecular complexity index is 876.